The summed E-state index contributed by atoms with van der Waals surface area (Å²) >= 11 is 0. The van der Waals surface area contributed by atoms with Crippen LogP contribution < -0.4 is 5.43 Å². The van der Waals surface area contributed by atoms with Gasteiger partial charge in [0.2, 0.25) is 0 Å². The number of rotatable bonds is 3. The van der Waals surface area contributed by atoms with Crippen LogP contribution in [-0.2, 0) is 6.54 Å². The molecule has 4 nitrogen and oxygen atoms in total. The second kappa shape index (κ2) is 6.28. The van der Waals surface area contributed by atoms with Gasteiger partial charge in [0, 0.05) is 34.3 Å². The number of aryl methyl sites for hydroxylation is 1. The lowest BCUT2D eigenvalue weighted by Gasteiger charge is -2.30. The number of aromatic amines is 1. The van der Waals surface area contributed by atoms with Crippen LogP contribution in [0.2, 0.25) is 0 Å². The zero-order valence-corrected chi connectivity index (χ0v) is 14.1. The van der Waals surface area contributed by atoms with E-state index in [1.807, 2.05) is 13.0 Å². The molecule has 1 aliphatic rings. The SMILES string of the molecule is CC(=O)c1ccc2[nH]c(C)c(CN3CCC(C)CC3)c(=O)c2c1. The summed E-state index contributed by atoms with van der Waals surface area (Å²) in [6, 6.07) is 5.32. The van der Waals surface area contributed by atoms with E-state index in [1.54, 1.807) is 12.1 Å². The largest absolute Gasteiger partial charge is 0.358 e. The Balaban J connectivity index is 1.99. The Kier molecular flexibility index (Phi) is 4.35. The lowest BCUT2D eigenvalue weighted by atomic mass is 9.98. The van der Waals surface area contributed by atoms with Crippen molar-refractivity contribution in [2.45, 2.75) is 40.2 Å². The Hall–Kier alpha value is -1.94. The first-order valence-electron chi connectivity index (χ1n) is 8.34. The number of nitrogens with one attached hydrogen (secondary N) is 1. The number of piperidine rings is 1. The highest BCUT2D eigenvalue weighted by Crippen LogP contribution is 2.19. The Labute approximate surface area is 136 Å². The molecule has 0 bridgehead atoms. The van der Waals surface area contributed by atoms with Crippen molar-refractivity contribution in [2.24, 2.45) is 5.92 Å². The van der Waals surface area contributed by atoms with Gasteiger partial charge < -0.3 is 4.98 Å². The van der Waals surface area contributed by atoms with Crippen molar-refractivity contribution in [3.8, 4) is 0 Å². The lowest BCUT2D eigenvalue weighted by Crippen LogP contribution is -2.34. The number of aromatic nitrogens is 1. The maximum Gasteiger partial charge on any atom is 0.194 e. The van der Waals surface area contributed by atoms with Gasteiger partial charge >= 0.3 is 0 Å². The molecule has 1 aliphatic heterocycles. The molecule has 2 aromatic rings. The number of hydrogen-bond donors (Lipinski definition) is 1. The number of nitrogens with zero attached hydrogens (tertiary/aromatic N) is 1. The smallest absolute Gasteiger partial charge is 0.194 e. The highest BCUT2D eigenvalue weighted by atomic mass is 16.1. The van der Waals surface area contributed by atoms with Crippen LogP contribution in [0, 0.1) is 12.8 Å². The second-order valence-corrected chi connectivity index (χ2v) is 6.83. The number of pyridine rings is 1. The van der Waals surface area contributed by atoms with Crippen molar-refractivity contribution in [3.05, 3.63) is 45.2 Å². The van der Waals surface area contributed by atoms with Crippen LogP contribution >= 0.6 is 0 Å². The van der Waals surface area contributed by atoms with Crippen LogP contribution in [0.1, 0.15) is 48.3 Å². The summed E-state index contributed by atoms with van der Waals surface area (Å²) in [5.41, 5.74) is 3.19. The lowest BCUT2D eigenvalue weighted by molar-refractivity contribution is 0.101. The van der Waals surface area contributed by atoms with Gasteiger partial charge in [0.15, 0.2) is 11.2 Å². The molecule has 1 N–H and O–H groups in total. The summed E-state index contributed by atoms with van der Waals surface area (Å²) in [6.45, 7) is 8.56. The summed E-state index contributed by atoms with van der Waals surface area (Å²) in [6.07, 6.45) is 2.39. The van der Waals surface area contributed by atoms with E-state index in [-0.39, 0.29) is 11.2 Å². The van der Waals surface area contributed by atoms with E-state index < -0.39 is 0 Å². The van der Waals surface area contributed by atoms with Gasteiger partial charge in [0.25, 0.3) is 0 Å². The zero-order chi connectivity index (χ0) is 16.6. The van der Waals surface area contributed by atoms with Gasteiger partial charge in [-0.05, 0) is 63.9 Å². The fourth-order valence-electron chi connectivity index (χ4n) is 3.30. The number of ketones is 1. The monoisotopic (exact) mass is 312 g/mol. The van der Waals surface area contributed by atoms with Gasteiger partial charge in [-0.3, -0.25) is 14.5 Å². The number of benzene rings is 1. The first-order chi connectivity index (χ1) is 11.0. The van der Waals surface area contributed by atoms with E-state index in [0.717, 1.165) is 35.8 Å². The fourth-order valence-corrected chi connectivity index (χ4v) is 3.30. The molecule has 0 amide bonds. The molecule has 0 unspecified atom stereocenters. The highest BCUT2D eigenvalue weighted by Gasteiger charge is 2.19. The van der Waals surface area contributed by atoms with Crippen LogP contribution in [0.25, 0.3) is 10.9 Å². The molecule has 1 aromatic carbocycles. The van der Waals surface area contributed by atoms with Gasteiger partial charge in [0.1, 0.15) is 0 Å². The zero-order valence-electron chi connectivity index (χ0n) is 14.1. The third kappa shape index (κ3) is 3.22. The summed E-state index contributed by atoms with van der Waals surface area (Å²) in [7, 11) is 0. The molecule has 0 radical (unpaired) electrons. The molecule has 2 heterocycles. The van der Waals surface area contributed by atoms with Gasteiger partial charge in [-0.1, -0.05) is 6.92 Å². The number of fused-ring (bicyclic) bond motifs is 1. The van der Waals surface area contributed by atoms with Crippen molar-refractivity contribution in [2.75, 3.05) is 13.1 Å². The van der Waals surface area contributed by atoms with Crippen LogP contribution in [0.15, 0.2) is 23.0 Å². The minimum Gasteiger partial charge on any atom is -0.358 e. The molecule has 23 heavy (non-hydrogen) atoms. The van der Waals surface area contributed by atoms with E-state index in [2.05, 4.69) is 16.8 Å². The van der Waals surface area contributed by atoms with Crippen LogP contribution in [0.3, 0.4) is 0 Å². The third-order valence-electron chi connectivity index (χ3n) is 4.98. The molecule has 0 spiro atoms. The predicted molar refractivity (Wildman–Crippen MR) is 93.0 cm³/mol. The molecule has 4 heteroatoms. The maximum absolute atomic E-state index is 12.9. The number of Topliss-reactive ketones (excluding diaryl/α,β-unsaturated/α-hetero) is 1. The molecule has 1 aromatic heterocycles. The molecule has 0 aliphatic carbocycles. The summed E-state index contributed by atoms with van der Waals surface area (Å²) in [5.74, 6) is 0.763. The normalized spacial score (nSPS) is 16.8. The topological polar surface area (TPSA) is 53.2 Å². The average molecular weight is 312 g/mol. The second-order valence-electron chi connectivity index (χ2n) is 6.83. The molecular weight excluding hydrogens is 288 g/mol. The molecule has 1 saturated heterocycles. The molecule has 122 valence electrons. The van der Waals surface area contributed by atoms with Crippen molar-refractivity contribution >= 4 is 16.7 Å². The molecule has 0 atom stereocenters. The van der Waals surface area contributed by atoms with Gasteiger partial charge in [-0.2, -0.15) is 0 Å². The van der Waals surface area contributed by atoms with E-state index in [1.165, 1.54) is 19.8 Å². The van der Waals surface area contributed by atoms with Gasteiger partial charge in [-0.25, -0.2) is 0 Å². The summed E-state index contributed by atoms with van der Waals surface area (Å²) in [5, 5.41) is 0.615. The number of carbonyl (C=O) groups excluding carboxylic acids is 1. The fraction of sp³-hybridized carbons (Fsp3) is 0.474. The number of carbonyl (C=O) groups is 1. The van der Waals surface area contributed by atoms with Gasteiger partial charge in [0.05, 0.1) is 0 Å². The Bertz CT molecular complexity index is 799. The van der Waals surface area contributed by atoms with Crippen molar-refractivity contribution in [1.29, 1.82) is 0 Å². The summed E-state index contributed by atoms with van der Waals surface area (Å²) < 4.78 is 0. The Morgan fingerprint density at radius 1 is 1.30 bits per heavy atom. The van der Waals surface area contributed by atoms with Crippen molar-refractivity contribution in [3.63, 3.8) is 0 Å². The van der Waals surface area contributed by atoms with E-state index in [0.29, 0.717) is 17.5 Å². The van der Waals surface area contributed by atoms with E-state index >= 15 is 0 Å². The highest BCUT2D eigenvalue weighted by molar-refractivity contribution is 5.97. The third-order valence-corrected chi connectivity index (χ3v) is 4.98. The first kappa shape index (κ1) is 15.9. The predicted octanol–water partition coefficient (Wildman–Crippen LogP) is 3.27. The average Bonchev–Trinajstić information content (AvgIpc) is 2.53. The molecular formula is C19H24N2O2. The number of likely N-dealkylation sites (tertiary alicyclic amines) is 1. The Morgan fingerprint density at radius 2 is 2.00 bits per heavy atom. The van der Waals surface area contributed by atoms with E-state index in [9.17, 15) is 9.59 Å². The first-order valence-corrected chi connectivity index (χ1v) is 8.34. The molecule has 1 fully saturated rings. The number of H-pyrrole nitrogens is 1. The van der Waals surface area contributed by atoms with Crippen molar-refractivity contribution < 1.29 is 4.79 Å². The minimum atomic E-state index is -0.0153. The number of hydrogen-bond acceptors (Lipinski definition) is 3. The van der Waals surface area contributed by atoms with Crippen LogP contribution in [-0.4, -0.2) is 28.8 Å². The molecule has 3 rings (SSSR count). The van der Waals surface area contributed by atoms with Crippen molar-refractivity contribution in [1.82, 2.24) is 9.88 Å². The summed E-state index contributed by atoms with van der Waals surface area (Å²) in [4.78, 5) is 30.2. The maximum atomic E-state index is 12.9. The van der Waals surface area contributed by atoms with Gasteiger partial charge in [-0.15, -0.1) is 0 Å². The molecule has 0 saturated carbocycles. The quantitative estimate of drug-likeness (QED) is 0.885. The standard InChI is InChI=1S/C19H24N2O2/c1-12-6-8-21(9-7-12)11-17-13(2)20-18-5-4-15(14(3)22)10-16(18)19(17)23/h4-5,10,12H,6-9,11H2,1-3H3,(H,20,23). The van der Waals surface area contributed by atoms with Crippen LogP contribution in [0.4, 0.5) is 0 Å². The Morgan fingerprint density at radius 3 is 2.65 bits per heavy atom. The minimum absolute atomic E-state index is 0.0153. The van der Waals surface area contributed by atoms with E-state index in [4.69, 9.17) is 0 Å². The van der Waals surface area contributed by atoms with Crippen LogP contribution in [0.5, 0.6) is 0 Å².